The van der Waals surface area contributed by atoms with Gasteiger partial charge in [-0.2, -0.15) is 0 Å². The predicted octanol–water partition coefficient (Wildman–Crippen LogP) is 4.09. The highest BCUT2D eigenvalue weighted by atomic mass is 16.7. The molecule has 14 heteroatoms. The highest BCUT2D eigenvalue weighted by Crippen LogP contribution is 2.29. The van der Waals surface area contributed by atoms with Crippen LogP contribution in [0, 0.1) is 0 Å². The second kappa shape index (κ2) is 33.0. The van der Waals surface area contributed by atoms with Crippen molar-refractivity contribution in [3.63, 3.8) is 0 Å². The van der Waals surface area contributed by atoms with Gasteiger partial charge in [-0.05, 0) is 57.8 Å². The topological polar surface area (TPSA) is 228 Å². The third-order valence-corrected chi connectivity index (χ3v) is 10.4. The summed E-state index contributed by atoms with van der Waals surface area (Å²) in [4.78, 5) is 13.1. The SMILES string of the molecule is CC/C=C\C/C=C\C/C=C\C/C=C\C/C=C\CCCC(=O)NC(COC1OC(CO)C(OC2OC(CO)C(O)C(O)C2O)C(O)C1O)C(O)/C=C/CCCCCCCCC. The number of hydrogen-bond acceptors (Lipinski definition) is 13. The van der Waals surface area contributed by atoms with Crippen molar-refractivity contribution >= 4 is 5.91 Å². The summed E-state index contributed by atoms with van der Waals surface area (Å²) in [6.45, 7) is 2.55. The van der Waals surface area contributed by atoms with Crippen LogP contribution in [0.4, 0.5) is 0 Å². The Hall–Kier alpha value is -2.57. The molecule has 0 spiro atoms. The van der Waals surface area contributed by atoms with Gasteiger partial charge in [0.15, 0.2) is 12.6 Å². The van der Waals surface area contributed by atoms with E-state index in [-0.39, 0.29) is 18.9 Å². The first-order valence-electron chi connectivity index (χ1n) is 22.2. The molecule has 2 aliphatic heterocycles. The number of amides is 1. The Bertz CT molecular complexity index is 1280. The van der Waals surface area contributed by atoms with Crippen LogP contribution in [0.15, 0.2) is 72.9 Å². The molecule has 344 valence electrons. The minimum Gasteiger partial charge on any atom is -0.394 e. The Morgan fingerprint density at radius 1 is 0.617 bits per heavy atom. The van der Waals surface area contributed by atoms with E-state index in [1.54, 1.807) is 6.08 Å². The normalized spacial score (nSPS) is 29.0. The number of unbranched alkanes of at least 4 members (excludes halogenated alkanes) is 8. The zero-order valence-corrected chi connectivity index (χ0v) is 35.9. The van der Waals surface area contributed by atoms with Crippen molar-refractivity contribution in [1.29, 1.82) is 0 Å². The highest BCUT2D eigenvalue weighted by molar-refractivity contribution is 5.76. The van der Waals surface area contributed by atoms with Crippen LogP contribution in [0.25, 0.3) is 0 Å². The highest BCUT2D eigenvalue weighted by Gasteiger charge is 2.50. The molecule has 12 atom stereocenters. The van der Waals surface area contributed by atoms with Gasteiger partial charge >= 0.3 is 0 Å². The van der Waals surface area contributed by atoms with Crippen LogP contribution < -0.4 is 5.32 Å². The molecule has 2 rings (SSSR count). The summed E-state index contributed by atoms with van der Waals surface area (Å²) in [5.74, 6) is -0.304. The third kappa shape index (κ3) is 21.0. The molecule has 0 aliphatic carbocycles. The van der Waals surface area contributed by atoms with Crippen LogP contribution in [0.3, 0.4) is 0 Å². The molecular weight excluding hydrogens is 774 g/mol. The molecule has 2 heterocycles. The van der Waals surface area contributed by atoms with Crippen LogP contribution >= 0.6 is 0 Å². The second-order valence-corrected chi connectivity index (χ2v) is 15.4. The summed E-state index contributed by atoms with van der Waals surface area (Å²) in [5, 5.41) is 86.2. The van der Waals surface area contributed by atoms with Gasteiger partial charge in [-0.15, -0.1) is 0 Å². The zero-order valence-electron chi connectivity index (χ0n) is 35.9. The van der Waals surface area contributed by atoms with Gasteiger partial charge in [-0.1, -0.05) is 125 Å². The van der Waals surface area contributed by atoms with Crippen molar-refractivity contribution in [1.82, 2.24) is 5.32 Å². The number of nitrogens with one attached hydrogen (secondary N) is 1. The van der Waals surface area contributed by atoms with Gasteiger partial charge in [0.05, 0.1) is 32.0 Å². The number of aliphatic hydroxyl groups is 8. The van der Waals surface area contributed by atoms with E-state index in [1.807, 2.05) is 12.2 Å². The average Bonchev–Trinajstić information content (AvgIpc) is 3.24. The van der Waals surface area contributed by atoms with Gasteiger partial charge in [0, 0.05) is 6.42 Å². The van der Waals surface area contributed by atoms with Crippen LogP contribution in [-0.4, -0.2) is 140 Å². The van der Waals surface area contributed by atoms with Crippen molar-refractivity contribution in [2.24, 2.45) is 0 Å². The van der Waals surface area contributed by atoms with E-state index >= 15 is 0 Å². The van der Waals surface area contributed by atoms with E-state index in [0.29, 0.717) is 12.8 Å². The standard InChI is InChI=1S/C46H77NO13/c1-3-5-7-9-11-13-14-15-16-17-18-19-20-22-24-26-28-30-38(51)47-34(35(50)29-27-25-23-21-12-10-8-6-4-2)33-57-45-43(56)41(54)44(37(32-49)59-45)60-46-42(55)40(53)39(52)36(31-48)58-46/h5,7,11,13,15-16,18-19,22,24,27,29,34-37,39-46,48-50,52-56H,3-4,6,8-10,12,14,17,20-21,23,25-26,28,30-33H2,1-2H3,(H,47,51)/b7-5-,13-11-,16-15-,19-18-,24-22-,29-27+. The zero-order chi connectivity index (χ0) is 44.0. The molecule has 9 N–H and O–H groups in total. The summed E-state index contributed by atoms with van der Waals surface area (Å²) in [7, 11) is 0. The molecule has 2 saturated heterocycles. The van der Waals surface area contributed by atoms with Gasteiger partial charge in [0.1, 0.15) is 48.8 Å². The number of hydrogen-bond donors (Lipinski definition) is 9. The maximum Gasteiger partial charge on any atom is 0.220 e. The molecule has 0 aromatic heterocycles. The molecule has 0 radical (unpaired) electrons. The van der Waals surface area contributed by atoms with E-state index < -0.39 is 86.8 Å². The Balaban J connectivity index is 1.92. The first-order chi connectivity index (χ1) is 29.1. The van der Waals surface area contributed by atoms with Crippen LogP contribution in [0.1, 0.15) is 117 Å². The number of rotatable bonds is 31. The molecule has 14 nitrogen and oxygen atoms in total. The maximum atomic E-state index is 13.1. The number of carbonyl (C=O) groups excluding carboxylic acids is 1. The molecule has 2 fully saturated rings. The third-order valence-electron chi connectivity index (χ3n) is 10.4. The second-order valence-electron chi connectivity index (χ2n) is 15.4. The Labute approximate surface area is 358 Å². The minimum atomic E-state index is -1.79. The monoisotopic (exact) mass is 852 g/mol. The van der Waals surface area contributed by atoms with Crippen molar-refractivity contribution in [2.45, 2.75) is 190 Å². The summed E-state index contributed by atoms with van der Waals surface area (Å²) in [6.07, 6.45) is 22.5. The average molecular weight is 852 g/mol. The lowest BCUT2D eigenvalue weighted by molar-refractivity contribution is -0.359. The van der Waals surface area contributed by atoms with Gasteiger partial charge in [0.2, 0.25) is 5.91 Å². The number of ether oxygens (including phenoxy) is 4. The molecule has 12 unspecified atom stereocenters. The summed E-state index contributed by atoms with van der Waals surface area (Å²) >= 11 is 0. The molecule has 0 bridgehead atoms. The summed E-state index contributed by atoms with van der Waals surface area (Å²) in [5.41, 5.74) is 0. The fourth-order valence-corrected chi connectivity index (χ4v) is 6.73. The number of allylic oxidation sites excluding steroid dienone is 11. The van der Waals surface area contributed by atoms with Crippen LogP contribution in [0.2, 0.25) is 0 Å². The summed E-state index contributed by atoms with van der Waals surface area (Å²) < 4.78 is 22.5. The fourth-order valence-electron chi connectivity index (χ4n) is 6.73. The van der Waals surface area contributed by atoms with E-state index in [0.717, 1.165) is 57.8 Å². The first-order valence-corrected chi connectivity index (χ1v) is 22.2. The Morgan fingerprint density at radius 3 is 1.75 bits per heavy atom. The molecular formula is C46H77NO13. The van der Waals surface area contributed by atoms with E-state index in [4.69, 9.17) is 18.9 Å². The van der Waals surface area contributed by atoms with Crippen molar-refractivity contribution in [3.8, 4) is 0 Å². The molecule has 2 aliphatic rings. The van der Waals surface area contributed by atoms with Gasteiger partial charge in [-0.3, -0.25) is 4.79 Å². The van der Waals surface area contributed by atoms with Gasteiger partial charge in [0.25, 0.3) is 0 Å². The Kier molecular flexibility index (Phi) is 29.5. The minimum absolute atomic E-state index is 0.199. The Morgan fingerprint density at radius 2 is 1.15 bits per heavy atom. The number of aliphatic hydroxyl groups excluding tert-OH is 8. The molecule has 60 heavy (non-hydrogen) atoms. The van der Waals surface area contributed by atoms with Crippen molar-refractivity contribution in [3.05, 3.63) is 72.9 Å². The lowest BCUT2D eigenvalue weighted by Gasteiger charge is -2.46. The number of carbonyl (C=O) groups is 1. The van der Waals surface area contributed by atoms with E-state index in [2.05, 4.69) is 73.8 Å². The molecule has 1 amide bonds. The first kappa shape index (κ1) is 53.6. The van der Waals surface area contributed by atoms with Crippen molar-refractivity contribution in [2.75, 3.05) is 19.8 Å². The van der Waals surface area contributed by atoms with Gasteiger partial charge in [-0.25, -0.2) is 0 Å². The fraction of sp³-hybridized carbons (Fsp3) is 0.717. The van der Waals surface area contributed by atoms with Crippen molar-refractivity contribution < 1.29 is 64.6 Å². The van der Waals surface area contributed by atoms with Gasteiger partial charge < -0.3 is 65.1 Å². The molecule has 0 saturated carbocycles. The van der Waals surface area contributed by atoms with Crippen LogP contribution in [0.5, 0.6) is 0 Å². The molecule has 0 aromatic carbocycles. The summed E-state index contributed by atoms with van der Waals surface area (Å²) in [6, 6.07) is -0.944. The lowest BCUT2D eigenvalue weighted by atomic mass is 9.97. The van der Waals surface area contributed by atoms with E-state index in [1.165, 1.54) is 25.7 Å². The van der Waals surface area contributed by atoms with Crippen LogP contribution in [-0.2, 0) is 23.7 Å². The lowest BCUT2D eigenvalue weighted by Crippen LogP contribution is -2.65. The van der Waals surface area contributed by atoms with E-state index in [9.17, 15) is 45.6 Å². The molecule has 0 aromatic rings. The predicted molar refractivity (Wildman–Crippen MR) is 230 cm³/mol. The largest absolute Gasteiger partial charge is 0.394 e. The smallest absolute Gasteiger partial charge is 0.220 e. The maximum absolute atomic E-state index is 13.1. The quantitative estimate of drug-likeness (QED) is 0.0354.